The largest absolute Gasteiger partial charge is 0.494 e. The molecule has 1 aliphatic rings. The number of piperidine rings is 1. The summed E-state index contributed by atoms with van der Waals surface area (Å²) in [6.45, 7) is 4.11. The van der Waals surface area contributed by atoms with E-state index in [9.17, 15) is 9.59 Å². The van der Waals surface area contributed by atoms with Crippen LogP contribution in [0.2, 0.25) is 0 Å². The standard InChI is InChI=1S/C23H26N2O3/c1-2-28-19-13-10-18(11-14-19)12-15-22(26)24-21-9-5-4-8-20(21)23(27)25-16-6-3-7-17-25/h4-5,8-15H,2-3,6-7,16-17H2,1H3,(H,24,26)/b15-12+. The van der Waals surface area contributed by atoms with Crippen molar-refractivity contribution in [2.75, 3.05) is 25.0 Å². The lowest BCUT2D eigenvalue weighted by Gasteiger charge is -2.27. The molecule has 0 unspecified atom stereocenters. The van der Waals surface area contributed by atoms with Crippen molar-refractivity contribution in [3.8, 4) is 5.75 Å². The maximum atomic E-state index is 12.8. The van der Waals surface area contributed by atoms with E-state index in [0.717, 1.165) is 37.2 Å². The number of benzene rings is 2. The zero-order valence-electron chi connectivity index (χ0n) is 16.2. The lowest BCUT2D eigenvalue weighted by atomic mass is 10.1. The number of nitrogens with zero attached hydrogens (tertiary/aromatic N) is 1. The minimum atomic E-state index is -0.271. The molecule has 1 aliphatic heterocycles. The van der Waals surface area contributed by atoms with E-state index in [0.29, 0.717) is 17.9 Å². The molecule has 2 aromatic carbocycles. The van der Waals surface area contributed by atoms with Crippen molar-refractivity contribution in [3.63, 3.8) is 0 Å². The van der Waals surface area contributed by atoms with Gasteiger partial charge in [0.05, 0.1) is 17.9 Å². The lowest BCUT2D eigenvalue weighted by Crippen LogP contribution is -2.36. The monoisotopic (exact) mass is 378 g/mol. The summed E-state index contributed by atoms with van der Waals surface area (Å²) in [5.41, 5.74) is 1.97. The first-order valence-electron chi connectivity index (χ1n) is 9.77. The molecule has 28 heavy (non-hydrogen) atoms. The van der Waals surface area contributed by atoms with Crippen LogP contribution in [-0.2, 0) is 4.79 Å². The van der Waals surface area contributed by atoms with Crippen molar-refractivity contribution >= 4 is 23.6 Å². The third-order valence-corrected chi connectivity index (χ3v) is 4.68. The van der Waals surface area contributed by atoms with Crippen LogP contribution in [0.3, 0.4) is 0 Å². The van der Waals surface area contributed by atoms with Gasteiger partial charge in [-0.25, -0.2) is 0 Å². The topological polar surface area (TPSA) is 58.6 Å². The van der Waals surface area contributed by atoms with Crippen LogP contribution in [0, 0.1) is 0 Å². The highest BCUT2D eigenvalue weighted by atomic mass is 16.5. The van der Waals surface area contributed by atoms with Gasteiger partial charge in [0.25, 0.3) is 5.91 Å². The molecule has 1 saturated heterocycles. The number of rotatable bonds is 6. The van der Waals surface area contributed by atoms with Gasteiger partial charge in [0, 0.05) is 19.2 Å². The van der Waals surface area contributed by atoms with Crippen LogP contribution in [-0.4, -0.2) is 36.4 Å². The second-order valence-corrected chi connectivity index (χ2v) is 6.72. The van der Waals surface area contributed by atoms with Crippen LogP contribution in [0.1, 0.15) is 42.1 Å². The first-order valence-corrected chi connectivity index (χ1v) is 9.77. The Morgan fingerprint density at radius 1 is 1.04 bits per heavy atom. The Bertz CT molecular complexity index is 837. The number of nitrogens with one attached hydrogen (secondary N) is 1. The molecule has 2 aromatic rings. The first kappa shape index (κ1) is 19.7. The van der Waals surface area contributed by atoms with Crippen LogP contribution in [0.25, 0.3) is 6.08 Å². The molecule has 5 nitrogen and oxygen atoms in total. The van der Waals surface area contributed by atoms with Crippen molar-refractivity contribution < 1.29 is 14.3 Å². The number of para-hydroxylation sites is 1. The predicted octanol–water partition coefficient (Wildman–Crippen LogP) is 4.36. The quantitative estimate of drug-likeness (QED) is 0.760. The van der Waals surface area contributed by atoms with E-state index in [2.05, 4.69) is 5.32 Å². The van der Waals surface area contributed by atoms with Crippen LogP contribution in [0.15, 0.2) is 54.6 Å². The normalized spacial score (nSPS) is 14.1. The van der Waals surface area contributed by atoms with Crippen molar-refractivity contribution in [2.24, 2.45) is 0 Å². The van der Waals surface area contributed by atoms with E-state index in [4.69, 9.17) is 4.74 Å². The van der Waals surface area contributed by atoms with Gasteiger partial charge in [-0.3, -0.25) is 9.59 Å². The minimum absolute atomic E-state index is 0.0221. The highest BCUT2D eigenvalue weighted by Gasteiger charge is 2.20. The van der Waals surface area contributed by atoms with E-state index in [-0.39, 0.29) is 11.8 Å². The Morgan fingerprint density at radius 3 is 2.46 bits per heavy atom. The molecule has 3 rings (SSSR count). The molecular formula is C23H26N2O3. The van der Waals surface area contributed by atoms with Crippen LogP contribution in [0.5, 0.6) is 5.75 Å². The van der Waals surface area contributed by atoms with Crippen molar-refractivity contribution in [1.82, 2.24) is 4.90 Å². The molecule has 146 valence electrons. The second-order valence-electron chi connectivity index (χ2n) is 6.72. The fourth-order valence-electron chi connectivity index (χ4n) is 3.23. The molecule has 0 aliphatic carbocycles. The summed E-state index contributed by atoms with van der Waals surface area (Å²) >= 11 is 0. The average molecular weight is 378 g/mol. The molecule has 2 amide bonds. The fraction of sp³-hybridized carbons (Fsp3) is 0.304. The number of carbonyl (C=O) groups is 2. The molecule has 1 N–H and O–H groups in total. The number of hydrogen-bond acceptors (Lipinski definition) is 3. The predicted molar refractivity (Wildman–Crippen MR) is 111 cm³/mol. The summed E-state index contributed by atoms with van der Waals surface area (Å²) in [7, 11) is 0. The zero-order chi connectivity index (χ0) is 19.8. The van der Waals surface area contributed by atoms with E-state index in [1.165, 1.54) is 12.5 Å². The molecule has 0 aromatic heterocycles. The van der Waals surface area contributed by atoms with Gasteiger partial charge in [0.2, 0.25) is 5.91 Å². The molecule has 1 heterocycles. The summed E-state index contributed by atoms with van der Waals surface area (Å²) in [6, 6.07) is 14.7. The Kier molecular flexibility index (Phi) is 6.84. The molecule has 0 spiro atoms. The summed E-state index contributed by atoms with van der Waals surface area (Å²) < 4.78 is 5.41. The average Bonchev–Trinajstić information content (AvgIpc) is 2.74. The third-order valence-electron chi connectivity index (χ3n) is 4.68. The molecule has 0 bridgehead atoms. The lowest BCUT2D eigenvalue weighted by molar-refractivity contribution is -0.111. The smallest absolute Gasteiger partial charge is 0.255 e. The summed E-state index contributed by atoms with van der Waals surface area (Å²) in [4.78, 5) is 27.0. The molecule has 0 radical (unpaired) electrons. The molecule has 1 fully saturated rings. The van der Waals surface area contributed by atoms with Gasteiger partial charge in [-0.15, -0.1) is 0 Å². The minimum Gasteiger partial charge on any atom is -0.494 e. The summed E-state index contributed by atoms with van der Waals surface area (Å²) in [5, 5.41) is 2.83. The molecular weight excluding hydrogens is 352 g/mol. The fourth-order valence-corrected chi connectivity index (χ4v) is 3.23. The van der Waals surface area contributed by atoms with E-state index >= 15 is 0 Å². The zero-order valence-corrected chi connectivity index (χ0v) is 16.2. The van der Waals surface area contributed by atoms with E-state index < -0.39 is 0 Å². The Balaban J connectivity index is 1.66. The Hall–Kier alpha value is -3.08. The van der Waals surface area contributed by atoms with Crippen molar-refractivity contribution in [1.29, 1.82) is 0 Å². The number of amides is 2. The second kappa shape index (κ2) is 9.74. The van der Waals surface area contributed by atoms with Gasteiger partial charge in [-0.2, -0.15) is 0 Å². The third kappa shape index (κ3) is 5.22. The van der Waals surface area contributed by atoms with E-state index in [1.807, 2.05) is 48.2 Å². The van der Waals surface area contributed by atoms with Crippen LogP contribution < -0.4 is 10.1 Å². The maximum absolute atomic E-state index is 12.8. The van der Waals surface area contributed by atoms with Gasteiger partial charge >= 0.3 is 0 Å². The SMILES string of the molecule is CCOc1ccc(/C=C/C(=O)Nc2ccccc2C(=O)N2CCCCC2)cc1. The molecule has 5 heteroatoms. The van der Waals surface area contributed by atoms with Gasteiger partial charge in [0.1, 0.15) is 5.75 Å². The van der Waals surface area contributed by atoms with Gasteiger partial charge in [0.15, 0.2) is 0 Å². The number of likely N-dealkylation sites (tertiary alicyclic amines) is 1. The number of anilines is 1. The molecule has 0 saturated carbocycles. The maximum Gasteiger partial charge on any atom is 0.255 e. The Morgan fingerprint density at radius 2 is 1.75 bits per heavy atom. The summed E-state index contributed by atoms with van der Waals surface area (Å²) in [6.07, 6.45) is 6.44. The van der Waals surface area contributed by atoms with E-state index in [1.54, 1.807) is 18.2 Å². The number of hydrogen-bond donors (Lipinski definition) is 1. The van der Waals surface area contributed by atoms with Gasteiger partial charge in [-0.05, 0) is 62.1 Å². The molecule has 0 atom stereocenters. The van der Waals surface area contributed by atoms with Gasteiger partial charge in [-0.1, -0.05) is 24.3 Å². The summed E-state index contributed by atoms with van der Waals surface area (Å²) in [5.74, 6) is 0.508. The highest BCUT2D eigenvalue weighted by Crippen LogP contribution is 2.20. The van der Waals surface area contributed by atoms with Gasteiger partial charge < -0.3 is 15.0 Å². The van der Waals surface area contributed by atoms with Crippen LogP contribution >= 0.6 is 0 Å². The van der Waals surface area contributed by atoms with Crippen LogP contribution in [0.4, 0.5) is 5.69 Å². The van der Waals surface area contributed by atoms with Crippen molar-refractivity contribution in [3.05, 3.63) is 65.7 Å². The number of ether oxygens (including phenoxy) is 1. The number of carbonyl (C=O) groups excluding carboxylic acids is 2. The highest BCUT2D eigenvalue weighted by molar-refractivity contribution is 6.07. The first-order chi connectivity index (χ1) is 13.7. The van der Waals surface area contributed by atoms with Crippen molar-refractivity contribution in [2.45, 2.75) is 26.2 Å². The Labute approximate surface area is 166 Å².